The molecule has 1 aliphatic rings. The van der Waals surface area contributed by atoms with Crippen molar-refractivity contribution >= 4 is 9.84 Å². The molecule has 102 valence electrons. The van der Waals surface area contributed by atoms with Gasteiger partial charge in [0.15, 0.2) is 0 Å². The highest BCUT2D eigenvalue weighted by atomic mass is 32.2. The van der Waals surface area contributed by atoms with Gasteiger partial charge < -0.3 is 5.32 Å². The minimum absolute atomic E-state index is 0.266. The van der Waals surface area contributed by atoms with Gasteiger partial charge in [0.2, 0.25) is 0 Å². The Morgan fingerprint density at radius 2 is 1.94 bits per heavy atom. The second-order valence-corrected chi connectivity index (χ2v) is 7.70. The summed E-state index contributed by atoms with van der Waals surface area (Å²) in [5.74, 6) is 1.17. The number of hydrogen-bond donors (Lipinski definition) is 1. The topological polar surface area (TPSA) is 46.2 Å². The van der Waals surface area contributed by atoms with Crippen molar-refractivity contribution in [3.05, 3.63) is 0 Å². The smallest absolute Gasteiger partial charge is 0.148 e. The summed E-state index contributed by atoms with van der Waals surface area (Å²) in [5.41, 5.74) is 0. The van der Waals surface area contributed by atoms with Crippen LogP contribution in [0.5, 0.6) is 0 Å². The molecule has 17 heavy (non-hydrogen) atoms. The Morgan fingerprint density at radius 1 is 1.18 bits per heavy atom. The molecule has 2 atom stereocenters. The molecule has 1 fully saturated rings. The van der Waals surface area contributed by atoms with Crippen LogP contribution in [0.1, 0.15) is 51.9 Å². The summed E-state index contributed by atoms with van der Waals surface area (Å²) in [5, 5.41) is 3.40. The fourth-order valence-electron chi connectivity index (χ4n) is 2.73. The highest BCUT2D eigenvalue weighted by molar-refractivity contribution is 7.90. The molecule has 1 aliphatic carbocycles. The van der Waals surface area contributed by atoms with Gasteiger partial charge in [0, 0.05) is 18.8 Å². The van der Waals surface area contributed by atoms with Gasteiger partial charge in [-0.05, 0) is 25.2 Å². The Hall–Kier alpha value is -0.0900. The van der Waals surface area contributed by atoms with Gasteiger partial charge in [-0.3, -0.25) is 0 Å². The van der Waals surface area contributed by atoms with E-state index < -0.39 is 9.84 Å². The van der Waals surface area contributed by atoms with Gasteiger partial charge in [-0.15, -0.1) is 0 Å². The standard InChI is InChI=1S/C13H27NO2S/c1-3-5-12-6-4-7-13(9-8-12)14-10-11-17(2,15)16/h12-14H,3-11H2,1-2H3. The van der Waals surface area contributed by atoms with Crippen molar-refractivity contribution in [1.29, 1.82) is 0 Å². The average molecular weight is 261 g/mol. The maximum Gasteiger partial charge on any atom is 0.148 e. The molecule has 0 radical (unpaired) electrons. The van der Waals surface area contributed by atoms with Crippen molar-refractivity contribution in [3.8, 4) is 0 Å². The Morgan fingerprint density at radius 3 is 2.59 bits per heavy atom. The van der Waals surface area contributed by atoms with Gasteiger partial charge in [-0.2, -0.15) is 0 Å². The van der Waals surface area contributed by atoms with Crippen LogP contribution in [0.15, 0.2) is 0 Å². The maximum absolute atomic E-state index is 11.0. The van der Waals surface area contributed by atoms with Crippen molar-refractivity contribution in [3.63, 3.8) is 0 Å². The van der Waals surface area contributed by atoms with Crippen LogP contribution in [0.25, 0.3) is 0 Å². The van der Waals surface area contributed by atoms with Gasteiger partial charge in [0.05, 0.1) is 5.75 Å². The quantitative estimate of drug-likeness (QED) is 0.747. The Labute approximate surface area is 106 Å². The molecule has 0 heterocycles. The molecule has 0 saturated heterocycles. The van der Waals surface area contributed by atoms with Crippen LogP contribution < -0.4 is 5.32 Å². The van der Waals surface area contributed by atoms with E-state index in [2.05, 4.69) is 12.2 Å². The Balaban J connectivity index is 2.22. The lowest BCUT2D eigenvalue weighted by atomic mass is 9.95. The van der Waals surface area contributed by atoms with Gasteiger partial charge >= 0.3 is 0 Å². The molecule has 0 aromatic rings. The first kappa shape index (κ1) is 15.0. The number of sulfone groups is 1. The largest absolute Gasteiger partial charge is 0.313 e. The molecule has 1 saturated carbocycles. The van der Waals surface area contributed by atoms with Gasteiger partial charge in [0.1, 0.15) is 9.84 Å². The summed E-state index contributed by atoms with van der Waals surface area (Å²) in [6.45, 7) is 2.87. The average Bonchev–Trinajstić information content (AvgIpc) is 2.43. The Kier molecular flexibility index (Phi) is 6.49. The fourth-order valence-corrected chi connectivity index (χ4v) is 3.22. The van der Waals surface area contributed by atoms with Crippen LogP contribution in [0.4, 0.5) is 0 Å². The molecular formula is C13H27NO2S. The SMILES string of the molecule is CCCC1CCCC(NCCS(C)(=O)=O)CC1. The van der Waals surface area contributed by atoms with Crippen LogP contribution in [-0.2, 0) is 9.84 Å². The van der Waals surface area contributed by atoms with Crippen molar-refractivity contribution in [2.45, 2.75) is 57.9 Å². The van der Waals surface area contributed by atoms with E-state index in [1.165, 1.54) is 51.2 Å². The van der Waals surface area contributed by atoms with Crippen molar-refractivity contribution < 1.29 is 8.42 Å². The summed E-state index contributed by atoms with van der Waals surface area (Å²) in [6.07, 6.45) is 10.3. The molecule has 4 heteroatoms. The summed E-state index contributed by atoms with van der Waals surface area (Å²) < 4.78 is 22.1. The molecule has 2 unspecified atom stereocenters. The van der Waals surface area contributed by atoms with E-state index in [0.717, 1.165) is 5.92 Å². The molecule has 0 spiro atoms. The summed E-state index contributed by atoms with van der Waals surface area (Å²) in [7, 11) is -2.82. The van der Waals surface area contributed by atoms with Gasteiger partial charge in [-0.1, -0.05) is 32.6 Å². The fraction of sp³-hybridized carbons (Fsp3) is 1.00. The van der Waals surface area contributed by atoms with E-state index in [4.69, 9.17) is 0 Å². The third-order valence-electron chi connectivity index (χ3n) is 3.69. The maximum atomic E-state index is 11.0. The molecule has 0 bridgehead atoms. The van der Waals surface area contributed by atoms with Crippen LogP contribution in [0, 0.1) is 5.92 Å². The second-order valence-electron chi connectivity index (χ2n) is 5.44. The molecular weight excluding hydrogens is 234 g/mol. The highest BCUT2D eigenvalue weighted by Crippen LogP contribution is 2.26. The third-order valence-corrected chi connectivity index (χ3v) is 4.64. The van der Waals surface area contributed by atoms with Crippen LogP contribution >= 0.6 is 0 Å². The molecule has 1 rings (SSSR count). The van der Waals surface area contributed by atoms with Crippen molar-refractivity contribution in [2.75, 3.05) is 18.6 Å². The van der Waals surface area contributed by atoms with E-state index >= 15 is 0 Å². The number of hydrogen-bond acceptors (Lipinski definition) is 3. The lowest BCUT2D eigenvalue weighted by Crippen LogP contribution is -2.32. The van der Waals surface area contributed by atoms with Gasteiger partial charge in [0.25, 0.3) is 0 Å². The van der Waals surface area contributed by atoms with Crippen LogP contribution in [0.2, 0.25) is 0 Å². The number of rotatable bonds is 6. The van der Waals surface area contributed by atoms with E-state index in [9.17, 15) is 8.42 Å². The summed E-state index contributed by atoms with van der Waals surface area (Å²) >= 11 is 0. The lowest BCUT2D eigenvalue weighted by molar-refractivity contribution is 0.412. The van der Waals surface area contributed by atoms with Gasteiger partial charge in [-0.25, -0.2) is 8.42 Å². The van der Waals surface area contributed by atoms with Crippen molar-refractivity contribution in [2.24, 2.45) is 5.92 Å². The molecule has 0 amide bonds. The summed E-state index contributed by atoms with van der Waals surface area (Å²) in [6, 6.07) is 0.540. The molecule has 3 nitrogen and oxygen atoms in total. The monoisotopic (exact) mass is 261 g/mol. The zero-order chi connectivity index (χ0) is 12.7. The lowest BCUT2D eigenvalue weighted by Gasteiger charge is -2.16. The third kappa shape index (κ3) is 7.04. The van der Waals surface area contributed by atoms with E-state index in [0.29, 0.717) is 12.6 Å². The number of nitrogens with one attached hydrogen (secondary N) is 1. The zero-order valence-electron chi connectivity index (χ0n) is 11.2. The highest BCUT2D eigenvalue weighted by Gasteiger charge is 2.18. The van der Waals surface area contributed by atoms with E-state index in [1.54, 1.807) is 0 Å². The molecule has 0 aliphatic heterocycles. The zero-order valence-corrected chi connectivity index (χ0v) is 12.1. The van der Waals surface area contributed by atoms with E-state index in [-0.39, 0.29) is 5.75 Å². The minimum atomic E-state index is -2.82. The normalized spacial score (nSPS) is 26.7. The minimum Gasteiger partial charge on any atom is -0.313 e. The first-order valence-electron chi connectivity index (χ1n) is 6.92. The molecule has 0 aromatic heterocycles. The predicted molar refractivity (Wildman–Crippen MR) is 73.0 cm³/mol. The predicted octanol–water partition coefficient (Wildman–Crippen LogP) is 2.37. The second kappa shape index (κ2) is 7.37. The summed E-state index contributed by atoms with van der Waals surface area (Å²) in [4.78, 5) is 0. The molecule has 0 aromatic carbocycles. The van der Waals surface area contributed by atoms with Crippen LogP contribution in [0.3, 0.4) is 0 Å². The van der Waals surface area contributed by atoms with Crippen LogP contribution in [-0.4, -0.2) is 33.0 Å². The van der Waals surface area contributed by atoms with E-state index in [1.807, 2.05) is 0 Å². The Bertz CT molecular complexity index is 301. The first-order valence-corrected chi connectivity index (χ1v) is 8.98. The first-order chi connectivity index (χ1) is 8.01. The molecule has 1 N–H and O–H groups in total. The van der Waals surface area contributed by atoms with Crippen molar-refractivity contribution in [1.82, 2.24) is 5.32 Å².